The molecule has 0 fully saturated rings. The minimum Gasteiger partial charge on any atom is -0.459 e. The lowest BCUT2D eigenvalue weighted by atomic mass is 10.2. The van der Waals surface area contributed by atoms with Crippen LogP contribution in [0.25, 0.3) is 0 Å². The molecule has 1 unspecified atom stereocenters. The monoisotopic (exact) mass is 259 g/mol. The van der Waals surface area contributed by atoms with E-state index in [0.29, 0.717) is 17.1 Å². The Kier molecular flexibility index (Phi) is 4.73. The van der Waals surface area contributed by atoms with Crippen LogP contribution in [0.5, 0.6) is 0 Å². The summed E-state index contributed by atoms with van der Waals surface area (Å²) in [5.41, 5.74) is 0. The first-order chi connectivity index (χ1) is 6.70. The van der Waals surface area contributed by atoms with Crippen LogP contribution in [0.2, 0.25) is 0 Å². The van der Waals surface area contributed by atoms with Crippen molar-refractivity contribution in [1.82, 2.24) is 5.32 Å². The molecule has 1 heterocycles. The second kappa shape index (κ2) is 5.86. The molecule has 0 aliphatic rings. The van der Waals surface area contributed by atoms with Gasteiger partial charge in [-0.1, -0.05) is 22.9 Å². The van der Waals surface area contributed by atoms with Crippen molar-refractivity contribution in [2.45, 2.75) is 24.6 Å². The molecule has 0 spiro atoms. The van der Waals surface area contributed by atoms with E-state index in [2.05, 4.69) is 28.2 Å². The zero-order chi connectivity index (χ0) is 10.4. The van der Waals surface area contributed by atoms with E-state index in [4.69, 9.17) is 4.42 Å². The predicted octanol–water partition coefficient (Wildman–Crippen LogP) is 2.57. The maximum absolute atomic E-state index is 11.3. The zero-order valence-corrected chi connectivity index (χ0v) is 9.71. The molecule has 1 N–H and O–H groups in total. The van der Waals surface area contributed by atoms with Gasteiger partial charge in [0.25, 0.3) is 5.91 Å². The largest absolute Gasteiger partial charge is 0.459 e. The topological polar surface area (TPSA) is 42.2 Å². The van der Waals surface area contributed by atoms with E-state index >= 15 is 0 Å². The normalized spacial score (nSPS) is 12.4. The van der Waals surface area contributed by atoms with E-state index in [1.54, 1.807) is 12.1 Å². The maximum Gasteiger partial charge on any atom is 0.286 e. The second-order valence-corrected chi connectivity index (χ2v) is 4.72. The molecule has 1 amide bonds. The minimum absolute atomic E-state index is 0.141. The smallest absolute Gasteiger partial charge is 0.286 e. The maximum atomic E-state index is 11.3. The summed E-state index contributed by atoms with van der Waals surface area (Å²) in [4.78, 5) is 11.8. The van der Waals surface area contributed by atoms with Crippen molar-refractivity contribution in [2.24, 2.45) is 0 Å². The van der Waals surface area contributed by atoms with Crippen LogP contribution in [0.15, 0.2) is 22.8 Å². The Hall–Kier alpha value is -0.770. The van der Waals surface area contributed by atoms with E-state index in [0.717, 1.165) is 12.8 Å². The van der Waals surface area contributed by atoms with Crippen LogP contribution >= 0.6 is 15.9 Å². The Balaban J connectivity index is 2.16. The van der Waals surface area contributed by atoms with Crippen molar-refractivity contribution in [2.75, 3.05) is 6.54 Å². The van der Waals surface area contributed by atoms with Gasteiger partial charge in [0.2, 0.25) is 0 Å². The molecule has 0 bridgehead atoms. The molecule has 14 heavy (non-hydrogen) atoms. The third-order valence-electron chi connectivity index (χ3n) is 1.81. The fourth-order valence-electron chi connectivity index (χ4n) is 1.08. The Morgan fingerprint density at radius 1 is 1.71 bits per heavy atom. The molecule has 78 valence electrons. The SMILES string of the molecule is CC(Br)CCCNC(=O)c1ccco1. The average molecular weight is 260 g/mol. The van der Waals surface area contributed by atoms with E-state index in [1.807, 2.05) is 0 Å². The third kappa shape index (κ3) is 3.96. The summed E-state index contributed by atoms with van der Waals surface area (Å²) in [5, 5.41) is 2.79. The molecule has 1 atom stereocenters. The van der Waals surface area contributed by atoms with Crippen molar-refractivity contribution in [1.29, 1.82) is 0 Å². The van der Waals surface area contributed by atoms with Gasteiger partial charge in [0.1, 0.15) is 0 Å². The first-order valence-corrected chi connectivity index (χ1v) is 5.57. The number of alkyl halides is 1. The molecule has 0 saturated heterocycles. The number of rotatable bonds is 5. The molecule has 3 nitrogen and oxygen atoms in total. The Morgan fingerprint density at radius 2 is 2.50 bits per heavy atom. The Morgan fingerprint density at radius 3 is 3.07 bits per heavy atom. The van der Waals surface area contributed by atoms with E-state index < -0.39 is 0 Å². The van der Waals surface area contributed by atoms with Gasteiger partial charge in [0, 0.05) is 11.4 Å². The van der Waals surface area contributed by atoms with Gasteiger partial charge in [0.05, 0.1) is 6.26 Å². The number of halogens is 1. The lowest BCUT2D eigenvalue weighted by molar-refractivity contribution is 0.0925. The highest BCUT2D eigenvalue weighted by Gasteiger charge is 2.06. The van der Waals surface area contributed by atoms with Gasteiger partial charge in [-0.2, -0.15) is 0 Å². The van der Waals surface area contributed by atoms with Crippen molar-refractivity contribution >= 4 is 21.8 Å². The fourth-order valence-corrected chi connectivity index (χ4v) is 1.40. The first-order valence-electron chi connectivity index (χ1n) is 4.66. The number of hydrogen-bond acceptors (Lipinski definition) is 2. The van der Waals surface area contributed by atoms with E-state index in [-0.39, 0.29) is 5.91 Å². The molecule has 1 rings (SSSR count). The molecule has 0 saturated carbocycles. The highest BCUT2D eigenvalue weighted by Crippen LogP contribution is 2.05. The lowest BCUT2D eigenvalue weighted by Gasteiger charge is -2.04. The van der Waals surface area contributed by atoms with Crippen molar-refractivity contribution < 1.29 is 9.21 Å². The summed E-state index contributed by atoms with van der Waals surface area (Å²) >= 11 is 3.45. The van der Waals surface area contributed by atoms with Crippen LogP contribution in [0.3, 0.4) is 0 Å². The second-order valence-electron chi connectivity index (χ2n) is 3.16. The predicted molar refractivity (Wildman–Crippen MR) is 58.7 cm³/mol. The molecule has 1 aromatic rings. The van der Waals surface area contributed by atoms with Gasteiger partial charge in [-0.3, -0.25) is 4.79 Å². The Labute approximate surface area is 92.0 Å². The number of hydrogen-bond donors (Lipinski definition) is 1. The number of furan rings is 1. The van der Waals surface area contributed by atoms with E-state index in [9.17, 15) is 4.79 Å². The van der Waals surface area contributed by atoms with Gasteiger partial charge in [-0.15, -0.1) is 0 Å². The van der Waals surface area contributed by atoms with Gasteiger partial charge < -0.3 is 9.73 Å². The molecule has 4 heteroatoms. The van der Waals surface area contributed by atoms with Crippen LogP contribution in [0, 0.1) is 0 Å². The molecular weight excluding hydrogens is 246 g/mol. The van der Waals surface area contributed by atoms with Gasteiger partial charge in [0.15, 0.2) is 5.76 Å². The van der Waals surface area contributed by atoms with Crippen molar-refractivity contribution in [3.05, 3.63) is 24.2 Å². The highest BCUT2D eigenvalue weighted by molar-refractivity contribution is 9.09. The standard InChI is InChI=1S/C10H14BrNO2/c1-8(11)4-2-6-12-10(13)9-5-3-7-14-9/h3,5,7-8H,2,4,6H2,1H3,(H,12,13). The van der Waals surface area contributed by atoms with Crippen LogP contribution < -0.4 is 5.32 Å². The fraction of sp³-hybridized carbons (Fsp3) is 0.500. The number of amides is 1. The van der Waals surface area contributed by atoms with Crippen LogP contribution in [-0.4, -0.2) is 17.3 Å². The molecule has 0 aliphatic heterocycles. The first kappa shape index (κ1) is 11.3. The molecule has 0 aromatic carbocycles. The quantitative estimate of drug-likeness (QED) is 0.653. The summed E-state index contributed by atoms with van der Waals surface area (Å²) < 4.78 is 4.95. The zero-order valence-electron chi connectivity index (χ0n) is 8.13. The number of carbonyl (C=O) groups is 1. The Bertz CT molecular complexity index is 270. The summed E-state index contributed by atoms with van der Waals surface area (Å²) in [5.74, 6) is 0.231. The molecule has 0 radical (unpaired) electrons. The third-order valence-corrected chi connectivity index (χ3v) is 2.27. The number of carbonyl (C=O) groups excluding carboxylic acids is 1. The average Bonchev–Trinajstić information content (AvgIpc) is 2.64. The summed E-state index contributed by atoms with van der Waals surface area (Å²) in [6.07, 6.45) is 3.52. The summed E-state index contributed by atoms with van der Waals surface area (Å²) in [6, 6.07) is 3.36. The van der Waals surface area contributed by atoms with Gasteiger partial charge in [-0.25, -0.2) is 0 Å². The van der Waals surface area contributed by atoms with Crippen LogP contribution in [0.1, 0.15) is 30.3 Å². The van der Waals surface area contributed by atoms with Crippen LogP contribution in [0.4, 0.5) is 0 Å². The van der Waals surface area contributed by atoms with Crippen molar-refractivity contribution in [3.63, 3.8) is 0 Å². The van der Waals surface area contributed by atoms with Crippen molar-refractivity contribution in [3.8, 4) is 0 Å². The number of nitrogens with one attached hydrogen (secondary N) is 1. The molecule has 0 aliphatic carbocycles. The molecule has 1 aromatic heterocycles. The van der Waals surface area contributed by atoms with Crippen LogP contribution in [-0.2, 0) is 0 Å². The lowest BCUT2D eigenvalue weighted by Crippen LogP contribution is -2.24. The highest BCUT2D eigenvalue weighted by atomic mass is 79.9. The van der Waals surface area contributed by atoms with E-state index in [1.165, 1.54) is 6.26 Å². The molecular formula is C10H14BrNO2. The van der Waals surface area contributed by atoms with Gasteiger partial charge in [-0.05, 0) is 25.0 Å². The summed E-state index contributed by atoms with van der Waals surface area (Å²) in [6.45, 7) is 2.78. The van der Waals surface area contributed by atoms with Gasteiger partial charge >= 0.3 is 0 Å². The minimum atomic E-state index is -0.141. The summed E-state index contributed by atoms with van der Waals surface area (Å²) in [7, 11) is 0.